The maximum absolute atomic E-state index is 12.5. The number of azo groups is 2. The molecular formula is C32H23ClCrN9O9S. The molecule has 0 saturated carbocycles. The van der Waals surface area contributed by atoms with Crippen LogP contribution in [-0.4, -0.2) is 37.5 Å². The molecule has 0 unspecified atom stereocenters. The van der Waals surface area contributed by atoms with Crippen LogP contribution < -0.4 is 20.4 Å². The number of nitrogens with zero attached hydrogens (tertiary/aromatic N) is 9. The van der Waals surface area contributed by atoms with Crippen molar-refractivity contribution in [1.29, 1.82) is 0 Å². The minimum Gasteiger partial charge on any atom is -0.871 e. The minimum absolute atomic E-state index is 0. The monoisotopic (exact) mass is 796 g/mol. The van der Waals surface area contributed by atoms with Crippen LogP contribution in [0.1, 0.15) is 14.2 Å². The van der Waals surface area contributed by atoms with Crippen molar-refractivity contribution in [1.82, 2.24) is 19.6 Å². The molecule has 0 saturated heterocycles. The smallest absolute Gasteiger partial charge is 0.871 e. The molecule has 0 bridgehead atoms. The number of rotatable bonds is 8. The largest absolute Gasteiger partial charge is 3.00 e. The van der Waals surface area contributed by atoms with Gasteiger partial charge in [0.05, 0.1) is 44.0 Å². The van der Waals surface area contributed by atoms with Gasteiger partial charge in [0.2, 0.25) is 0 Å². The standard InChI is InChI=1S/C16H13ClN4O5S.C16H13N5O4.Cr/c1-9-14(16(23)21(20-9)11-5-3-2-4-6-11)19-18-12-7-10(17)8-13(15(12)22)27(24,25)26;1-10-15(16(23)20(19-10)11-5-3-2-4-6-11)18-17-13-8-7-12(21(24)25)9-14(13)22;/h2-8,22-23H,1H3,(H,24,25,26);2-9,22-23H,1H3;/q;;+3/p-3. The Morgan fingerprint density at radius 2 is 1.19 bits per heavy atom. The van der Waals surface area contributed by atoms with Gasteiger partial charge >= 0.3 is 20.2 Å². The Balaban J connectivity index is 0.000000361. The maximum Gasteiger partial charge on any atom is 3.00 e. The minimum atomic E-state index is -5.04. The Labute approximate surface area is 318 Å². The number of para-hydroxylation sites is 2. The normalized spacial score (nSPS) is 11.3. The molecule has 4 aromatic carbocycles. The Morgan fingerprint density at radius 1 is 0.717 bits per heavy atom. The summed E-state index contributed by atoms with van der Waals surface area (Å²) in [6.07, 6.45) is 0. The molecule has 18 nitrogen and oxygen atoms in total. The van der Waals surface area contributed by atoms with Gasteiger partial charge in [-0.3, -0.25) is 10.1 Å². The number of non-ortho nitro benzene ring substituents is 1. The zero-order chi connectivity index (χ0) is 37.7. The van der Waals surface area contributed by atoms with Gasteiger partial charge in [-0.15, -0.1) is 10.2 Å². The van der Waals surface area contributed by atoms with Crippen molar-refractivity contribution in [3.05, 3.63) is 118 Å². The summed E-state index contributed by atoms with van der Waals surface area (Å²) in [6.45, 7) is 3.13. The third-order valence-corrected chi connectivity index (χ3v) is 7.98. The molecule has 0 fully saturated rings. The van der Waals surface area contributed by atoms with Crippen molar-refractivity contribution >= 4 is 50.2 Å². The topological polar surface area (TPSA) is 278 Å². The van der Waals surface area contributed by atoms with E-state index in [-0.39, 0.29) is 53.7 Å². The van der Waals surface area contributed by atoms with Gasteiger partial charge in [0.1, 0.15) is 21.5 Å². The van der Waals surface area contributed by atoms with E-state index in [1.54, 1.807) is 61.5 Å². The molecule has 53 heavy (non-hydrogen) atoms. The second kappa shape index (κ2) is 16.5. The molecule has 0 spiro atoms. The second-order valence-corrected chi connectivity index (χ2v) is 12.3. The average molecular weight is 797 g/mol. The summed E-state index contributed by atoms with van der Waals surface area (Å²) in [7, 11) is -5.04. The van der Waals surface area contributed by atoms with E-state index in [4.69, 9.17) is 11.6 Å². The number of aromatic nitrogens is 4. The average Bonchev–Trinajstić information content (AvgIpc) is 3.56. The van der Waals surface area contributed by atoms with Gasteiger partial charge in [0.15, 0.2) is 0 Å². The van der Waals surface area contributed by atoms with E-state index in [0.717, 1.165) is 28.9 Å². The van der Waals surface area contributed by atoms with Crippen molar-refractivity contribution in [2.75, 3.05) is 0 Å². The first-order chi connectivity index (χ1) is 24.6. The van der Waals surface area contributed by atoms with Crippen LogP contribution >= 0.6 is 11.6 Å². The first kappa shape index (κ1) is 39.6. The summed E-state index contributed by atoms with van der Waals surface area (Å²) in [5.74, 6) is -2.85. The van der Waals surface area contributed by atoms with Crippen LogP contribution in [0, 0.1) is 24.0 Å². The molecule has 6 rings (SSSR count). The zero-order valence-corrected chi connectivity index (χ0v) is 29.9. The van der Waals surface area contributed by atoms with Crippen molar-refractivity contribution in [2.45, 2.75) is 18.7 Å². The Kier molecular flexibility index (Phi) is 12.3. The summed E-state index contributed by atoms with van der Waals surface area (Å²) in [5.41, 5.74) is 0.648. The summed E-state index contributed by atoms with van der Waals surface area (Å²) >= 11 is 5.73. The quantitative estimate of drug-likeness (QED) is 0.0837. The summed E-state index contributed by atoms with van der Waals surface area (Å²) in [5, 5.41) is 82.4. The number of benzene rings is 4. The van der Waals surface area contributed by atoms with Gasteiger partial charge in [-0.25, -0.2) is 17.8 Å². The summed E-state index contributed by atoms with van der Waals surface area (Å²) in [4.78, 5) is 8.92. The van der Waals surface area contributed by atoms with Crippen LogP contribution in [0.2, 0.25) is 5.02 Å². The van der Waals surface area contributed by atoms with Gasteiger partial charge in [0, 0.05) is 28.9 Å². The number of nitro groups is 1. The molecule has 6 aromatic rings. The van der Waals surface area contributed by atoms with Crippen LogP contribution in [0.4, 0.5) is 28.4 Å². The Bertz CT molecular complexity index is 2470. The molecule has 0 N–H and O–H groups in total. The molecule has 1 radical (unpaired) electrons. The molecule has 269 valence electrons. The van der Waals surface area contributed by atoms with Gasteiger partial charge < -0.3 is 25.0 Å². The molecular weight excluding hydrogens is 774 g/mol. The van der Waals surface area contributed by atoms with Crippen LogP contribution in [0.5, 0.6) is 23.3 Å². The van der Waals surface area contributed by atoms with Crippen LogP contribution in [0.15, 0.2) is 116 Å². The van der Waals surface area contributed by atoms with Crippen molar-refractivity contribution < 1.29 is 58.5 Å². The molecule has 0 aliphatic rings. The number of hydrogen-bond donors (Lipinski definition) is 0. The van der Waals surface area contributed by atoms with Gasteiger partial charge in [0.25, 0.3) is 5.69 Å². The predicted molar refractivity (Wildman–Crippen MR) is 177 cm³/mol. The Hall–Kier alpha value is -6.17. The first-order valence-corrected chi connectivity index (χ1v) is 16.3. The molecule has 21 heteroatoms. The van der Waals surface area contributed by atoms with E-state index in [1.165, 1.54) is 17.7 Å². The molecule has 0 atom stereocenters. The molecule has 2 heterocycles. The predicted octanol–water partition coefficient (Wildman–Crippen LogP) is 5.17. The molecule has 0 aliphatic heterocycles. The second-order valence-electron chi connectivity index (χ2n) is 10.5. The summed E-state index contributed by atoms with van der Waals surface area (Å²) in [6, 6.07) is 22.4. The van der Waals surface area contributed by atoms with E-state index in [1.807, 2.05) is 6.07 Å². The van der Waals surface area contributed by atoms with E-state index < -0.39 is 48.9 Å². The van der Waals surface area contributed by atoms with E-state index >= 15 is 0 Å². The van der Waals surface area contributed by atoms with Crippen molar-refractivity contribution in [2.24, 2.45) is 20.5 Å². The molecule has 0 amide bonds. The Morgan fingerprint density at radius 3 is 1.62 bits per heavy atom. The molecule has 0 aliphatic carbocycles. The van der Waals surface area contributed by atoms with E-state index in [2.05, 4.69) is 30.7 Å². The van der Waals surface area contributed by atoms with Crippen molar-refractivity contribution in [3.63, 3.8) is 0 Å². The fourth-order valence-electron chi connectivity index (χ4n) is 4.44. The van der Waals surface area contributed by atoms with Crippen molar-refractivity contribution in [3.8, 4) is 34.6 Å². The van der Waals surface area contributed by atoms with Gasteiger partial charge in [-0.2, -0.15) is 20.4 Å². The number of hydrogen-bond acceptors (Lipinski definition) is 15. The fraction of sp³-hybridized carbons (Fsp3) is 0.0625. The number of halogens is 1. The van der Waals surface area contributed by atoms with Gasteiger partial charge in [-0.05, 0) is 56.3 Å². The van der Waals surface area contributed by atoms with Crippen LogP contribution in [-0.2, 0) is 27.5 Å². The molecule has 2 aromatic heterocycles. The summed E-state index contributed by atoms with van der Waals surface area (Å²) < 4.78 is 35.8. The first-order valence-electron chi connectivity index (χ1n) is 14.5. The maximum atomic E-state index is 12.5. The third-order valence-electron chi connectivity index (χ3n) is 6.92. The fourth-order valence-corrected chi connectivity index (χ4v) is 5.32. The van der Waals surface area contributed by atoms with E-state index in [9.17, 15) is 43.5 Å². The van der Waals surface area contributed by atoms with Crippen LogP contribution in [0.25, 0.3) is 11.4 Å². The SMILES string of the molecule is Cc1nn(-c2ccccc2)c([O-])c1N=Nc1cc(Cl)cc(S(=O)(=O)[O-])c1[O-].Cc1nn(-c2ccccc2)c([O-])c1N=Nc1ccc([N+](=O)[O-])cc1[O-].[Cr+3].[H+].[H+]. The number of aryl methyl sites for hydroxylation is 2. The third kappa shape index (κ3) is 9.02. The number of nitro benzene ring substituents is 1. The zero-order valence-electron chi connectivity index (χ0n) is 29.1. The van der Waals surface area contributed by atoms with Crippen LogP contribution in [0.3, 0.4) is 0 Å². The van der Waals surface area contributed by atoms with E-state index in [0.29, 0.717) is 17.1 Å². The van der Waals surface area contributed by atoms with Gasteiger partial charge in [-0.1, -0.05) is 59.5 Å².